The minimum absolute atomic E-state index is 0.334. The van der Waals surface area contributed by atoms with Crippen molar-refractivity contribution in [2.24, 2.45) is 0 Å². The van der Waals surface area contributed by atoms with E-state index < -0.39 is 0 Å². The molecule has 0 saturated carbocycles. The van der Waals surface area contributed by atoms with E-state index in [2.05, 4.69) is 15.3 Å². The smallest absolute Gasteiger partial charge is 0.131 e. The van der Waals surface area contributed by atoms with Crippen LogP contribution in [0, 0.1) is 0 Å². The highest BCUT2D eigenvalue weighted by Crippen LogP contribution is 2.17. The first kappa shape index (κ1) is 10.2. The predicted octanol–water partition coefficient (Wildman–Crippen LogP) is 1.19. The molecule has 0 aromatic carbocycles. The van der Waals surface area contributed by atoms with Crippen LogP contribution < -0.4 is 5.32 Å². The topological polar surface area (TPSA) is 47.0 Å². The van der Waals surface area contributed by atoms with Crippen molar-refractivity contribution < 1.29 is 4.74 Å². The second kappa shape index (κ2) is 4.47. The summed E-state index contributed by atoms with van der Waals surface area (Å²) in [6.07, 6.45) is 6.79. The monoisotopic (exact) mass is 219 g/mol. The lowest BCUT2D eigenvalue weighted by molar-refractivity contribution is 0.0156. The average molecular weight is 219 g/mol. The quantitative estimate of drug-likeness (QED) is 0.811. The summed E-state index contributed by atoms with van der Waals surface area (Å²) in [6, 6.07) is 0. The molecule has 2 aliphatic rings. The second-order valence-electron chi connectivity index (χ2n) is 4.55. The van der Waals surface area contributed by atoms with Gasteiger partial charge >= 0.3 is 0 Å². The molecule has 1 unspecified atom stereocenters. The van der Waals surface area contributed by atoms with Gasteiger partial charge in [-0.1, -0.05) is 0 Å². The summed E-state index contributed by atoms with van der Waals surface area (Å²) in [7, 11) is 0. The Morgan fingerprint density at radius 3 is 3.25 bits per heavy atom. The van der Waals surface area contributed by atoms with Crippen LogP contribution in [0.2, 0.25) is 0 Å². The molecule has 1 N–H and O–H groups in total. The van der Waals surface area contributed by atoms with Gasteiger partial charge in [0, 0.05) is 37.9 Å². The summed E-state index contributed by atoms with van der Waals surface area (Å²) in [4.78, 5) is 9.01. The molecule has 2 aliphatic heterocycles. The number of ether oxygens (including phenoxy) is 1. The molecule has 1 saturated heterocycles. The third kappa shape index (κ3) is 2.08. The van der Waals surface area contributed by atoms with Gasteiger partial charge in [0.15, 0.2) is 0 Å². The molecule has 0 amide bonds. The van der Waals surface area contributed by atoms with E-state index in [1.807, 2.05) is 6.20 Å². The highest BCUT2D eigenvalue weighted by Gasteiger charge is 2.18. The van der Waals surface area contributed by atoms with Crippen molar-refractivity contribution in [1.82, 2.24) is 15.3 Å². The molecule has 0 radical (unpaired) electrons. The van der Waals surface area contributed by atoms with Crippen molar-refractivity contribution in [1.29, 1.82) is 0 Å². The molecule has 1 fully saturated rings. The summed E-state index contributed by atoms with van der Waals surface area (Å²) in [5, 5.41) is 3.28. The van der Waals surface area contributed by atoms with E-state index in [9.17, 15) is 0 Å². The molecule has 4 nitrogen and oxygen atoms in total. The minimum Gasteiger partial charge on any atom is -0.378 e. The highest BCUT2D eigenvalue weighted by molar-refractivity contribution is 5.21. The standard InChI is InChI=1S/C12H17N3O/c1-2-4-16-10(3-1)5-12-14-7-9-6-13-8-11(9)15-12/h7,10,13H,1-6,8H2. The van der Waals surface area contributed by atoms with Crippen LogP contribution in [0.5, 0.6) is 0 Å². The van der Waals surface area contributed by atoms with Crippen LogP contribution in [0.1, 0.15) is 36.3 Å². The Morgan fingerprint density at radius 1 is 1.38 bits per heavy atom. The Morgan fingerprint density at radius 2 is 2.38 bits per heavy atom. The normalized spacial score (nSPS) is 24.4. The van der Waals surface area contributed by atoms with Gasteiger partial charge in [-0.3, -0.25) is 0 Å². The zero-order valence-electron chi connectivity index (χ0n) is 9.41. The third-order valence-corrected chi connectivity index (χ3v) is 3.30. The summed E-state index contributed by atoms with van der Waals surface area (Å²) >= 11 is 0. The fourth-order valence-electron chi connectivity index (χ4n) is 2.37. The molecule has 1 aromatic heterocycles. The van der Waals surface area contributed by atoms with Gasteiger partial charge in [-0.2, -0.15) is 0 Å². The SMILES string of the molecule is c1nc(CC2CCCCO2)nc2c1CNC2. The Balaban J connectivity index is 1.69. The molecule has 0 aliphatic carbocycles. The van der Waals surface area contributed by atoms with E-state index >= 15 is 0 Å². The number of hydrogen-bond acceptors (Lipinski definition) is 4. The Hall–Kier alpha value is -1.00. The molecule has 3 rings (SSSR count). The average Bonchev–Trinajstić information content (AvgIpc) is 2.77. The van der Waals surface area contributed by atoms with Crippen molar-refractivity contribution in [3.63, 3.8) is 0 Å². The van der Waals surface area contributed by atoms with Gasteiger partial charge in [0.1, 0.15) is 5.82 Å². The van der Waals surface area contributed by atoms with Crippen molar-refractivity contribution in [2.45, 2.75) is 44.9 Å². The minimum atomic E-state index is 0.334. The maximum Gasteiger partial charge on any atom is 0.131 e. The lowest BCUT2D eigenvalue weighted by atomic mass is 10.1. The molecule has 16 heavy (non-hydrogen) atoms. The number of aromatic nitrogens is 2. The fourth-order valence-corrected chi connectivity index (χ4v) is 2.37. The molecule has 4 heteroatoms. The predicted molar refractivity (Wildman–Crippen MR) is 59.9 cm³/mol. The molecule has 0 spiro atoms. The van der Waals surface area contributed by atoms with Gasteiger partial charge in [0.05, 0.1) is 11.8 Å². The summed E-state index contributed by atoms with van der Waals surface area (Å²) in [5.74, 6) is 0.939. The zero-order chi connectivity index (χ0) is 10.8. The van der Waals surface area contributed by atoms with Gasteiger partial charge in [0.25, 0.3) is 0 Å². The van der Waals surface area contributed by atoms with E-state index in [4.69, 9.17) is 4.74 Å². The molecular weight excluding hydrogens is 202 g/mol. The number of fused-ring (bicyclic) bond motifs is 1. The number of nitrogens with zero attached hydrogens (tertiary/aromatic N) is 2. The van der Waals surface area contributed by atoms with Crippen LogP contribution in [-0.2, 0) is 24.2 Å². The first-order chi connectivity index (χ1) is 7.92. The second-order valence-corrected chi connectivity index (χ2v) is 4.55. The van der Waals surface area contributed by atoms with Crippen LogP contribution in [0.25, 0.3) is 0 Å². The summed E-state index contributed by atoms with van der Waals surface area (Å²) in [5.41, 5.74) is 2.41. The van der Waals surface area contributed by atoms with E-state index in [-0.39, 0.29) is 0 Å². The van der Waals surface area contributed by atoms with Crippen LogP contribution >= 0.6 is 0 Å². The number of hydrogen-bond donors (Lipinski definition) is 1. The maximum absolute atomic E-state index is 5.71. The largest absolute Gasteiger partial charge is 0.378 e. The number of rotatable bonds is 2. The first-order valence-corrected chi connectivity index (χ1v) is 6.08. The fraction of sp³-hybridized carbons (Fsp3) is 0.667. The molecule has 0 bridgehead atoms. The van der Waals surface area contributed by atoms with E-state index in [1.54, 1.807) is 0 Å². The highest BCUT2D eigenvalue weighted by atomic mass is 16.5. The molecular formula is C12H17N3O. The van der Waals surface area contributed by atoms with Crippen LogP contribution in [-0.4, -0.2) is 22.7 Å². The Kier molecular flexibility index (Phi) is 2.84. The van der Waals surface area contributed by atoms with E-state index in [1.165, 1.54) is 24.1 Å². The Bertz CT molecular complexity index is 375. The number of nitrogens with one attached hydrogen (secondary N) is 1. The van der Waals surface area contributed by atoms with E-state index in [0.29, 0.717) is 6.10 Å². The molecule has 1 aromatic rings. The summed E-state index contributed by atoms with van der Waals surface area (Å²) < 4.78 is 5.71. The van der Waals surface area contributed by atoms with Crippen LogP contribution in [0.15, 0.2) is 6.20 Å². The van der Waals surface area contributed by atoms with Crippen molar-refractivity contribution in [3.8, 4) is 0 Å². The zero-order valence-corrected chi connectivity index (χ0v) is 9.41. The first-order valence-electron chi connectivity index (χ1n) is 6.08. The van der Waals surface area contributed by atoms with Gasteiger partial charge in [-0.25, -0.2) is 9.97 Å². The Labute approximate surface area is 95.4 Å². The summed E-state index contributed by atoms with van der Waals surface area (Å²) in [6.45, 7) is 2.70. The van der Waals surface area contributed by atoms with Crippen molar-refractivity contribution >= 4 is 0 Å². The van der Waals surface area contributed by atoms with E-state index in [0.717, 1.165) is 38.4 Å². The third-order valence-electron chi connectivity index (χ3n) is 3.30. The van der Waals surface area contributed by atoms with Gasteiger partial charge in [-0.05, 0) is 19.3 Å². The molecule has 1 atom stereocenters. The van der Waals surface area contributed by atoms with Crippen LogP contribution in [0.3, 0.4) is 0 Å². The molecule has 3 heterocycles. The van der Waals surface area contributed by atoms with Gasteiger partial charge < -0.3 is 10.1 Å². The van der Waals surface area contributed by atoms with Gasteiger partial charge in [0.2, 0.25) is 0 Å². The lowest BCUT2D eigenvalue weighted by Gasteiger charge is -2.21. The van der Waals surface area contributed by atoms with Crippen LogP contribution in [0.4, 0.5) is 0 Å². The van der Waals surface area contributed by atoms with Gasteiger partial charge in [-0.15, -0.1) is 0 Å². The lowest BCUT2D eigenvalue weighted by Crippen LogP contribution is -2.22. The van der Waals surface area contributed by atoms with Crippen molar-refractivity contribution in [3.05, 3.63) is 23.3 Å². The van der Waals surface area contributed by atoms with Crippen molar-refractivity contribution in [2.75, 3.05) is 6.61 Å². The molecule has 86 valence electrons. The maximum atomic E-state index is 5.71.